The largest absolute Gasteiger partial charge is 0.381 e. The number of nitrogens with zero attached hydrogens (tertiary/aromatic N) is 2. The number of rotatable bonds is 7. The van der Waals surface area contributed by atoms with E-state index in [1.807, 2.05) is 26.1 Å². The summed E-state index contributed by atoms with van der Waals surface area (Å²) in [6.45, 7) is 6.61. The first-order chi connectivity index (χ1) is 11.6. The van der Waals surface area contributed by atoms with Crippen LogP contribution in [-0.4, -0.2) is 50.8 Å². The predicted octanol–water partition coefficient (Wildman–Crippen LogP) is 3.86. The molecule has 4 nitrogen and oxygen atoms in total. The molecule has 0 radical (unpaired) electrons. The Morgan fingerprint density at radius 1 is 1.42 bits per heavy atom. The lowest BCUT2D eigenvalue weighted by Crippen LogP contribution is -2.40. The van der Waals surface area contributed by atoms with E-state index >= 15 is 0 Å². The molecule has 1 aromatic carbocycles. The van der Waals surface area contributed by atoms with E-state index in [-0.39, 0.29) is 0 Å². The summed E-state index contributed by atoms with van der Waals surface area (Å²) >= 11 is 12.1. The van der Waals surface area contributed by atoms with Crippen molar-refractivity contribution in [3.05, 3.63) is 33.8 Å². The lowest BCUT2D eigenvalue weighted by molar-refractivity contribution is 0.114. The summed E-state index contributed by atoms with van der Waals surface area (Å²) in [6.07, 6.45) is 3.09. The molecule has 0 aromatic heterocycles. The number of hydrogen-bond acceptors (Lipinski definition) is 2. The molecule has 0 aliphatic carbocycles. The van der Waals surface area contributed by atoms with E-state index in [9.17, 15) is 0 Å². The third-order valence-corrected chi connectivity index (χ3v) is 4.86. The average Bonchev–Trinajstić information content (AvgIpc) is 3.03. The van der Waals surface area contributed by atoms with Crippen LogP contribution in [0.2, 0.25) is 10.0 Å². The SMILES string of the molecule is CCOCC1CCN(C(=NC)NCCCc2ccc(Cl)cc2Cl)C1. The first-order valence-electron chi connectivity index (χ1n) is 8.61. The van der Waals surface area contributed by atoms with Gasteiger partial charge >= 0.3 is 0 Å². The monoisotopic (exact) mass is 371 g/mol. The van der Waals surface area contributed by atoms with E-state index in [2.05, 4.69) is 15.2 Å². The Morgan fingerprint density at radius 3 is 2.96 bits per heavy atom. The molecular formula is C18H27Cl2N3O. The van der Waals surface area contributed by atoms with E-state index < -0.39 is 0 Å². The van der Waals surface area contributed by atoms with E-state index in [0.717, 1.165) is 62.2 Å². The van der Waals surface area contributed by atoms with Gasteiger partial charge in [-0.3, -0.25) is 4.99 Å². The Kier molecular flexibility index (Phi) is 8.16. The van der Waals surface area contributed by atoms with Gasteiger partial charge in [-0.2, -0.15) is 0 Å². The van der Waals surface area contributed by atoms with Gasteiger partial charge in [-0.15, -0.1) is 0 Å². The van der Waals surface area contributed by atoms with Gasteiger partial charge in [0.15, 0.2) is 5.96 Å². The summed E-state index contributed by atoms with van der Waals surface area (Å²) in [6, 6.07) is 5.68. The van der Waals surface area contributed by atoms with Crippen molar-refractivity contribution in [1.82, 2.24) is 10.2 Å². The number of likely N-dealkylation sites (tertiary alicyclic amines) is 1. The van der Waals surface area contributed by atoms with Crippen LogP contribution in [0, 0.1) is 5.92 Å². The van der Waals surface area contributed by atoms with Crippen molar-refractivity contribution in [1.29, 1.82) is 0 Å². The molecule has 0 spiro atoms. The number of nitrogens with one attached hydrogen (secondary N) is 1. The standard InChI is InChI=1S/C18H27Cl2N3O/c1-3-24-13-14-8-10-23(12-14)18(21-2)22-9-4-5-15-6-7-16(19)11-17(15)20/h6-7,11,14H,3-5,8-10,12-13H2,1-2H3,(H,21,22). The van der Waals surface area contributed by atoms with Crippen molar-refractivity contribution in [2.24, 2.45) is 10.9 Å². The molecular weight excluding hydrogens is 345 g/mol. The van der Waals surface area contributed by atoms with E-state index in [4.69, 9.17) is 27.9 Å². The van der Waals surface area contributed by atoms with Crippen LogP contribution in [0.3, 0.4) is 0 Å². The number of guanidine groups is 1. The van der Waals surface area contributed by atoms with Crippen LogP contribution in [0.4, 0.5) is 0 Å². The van der Waals surface area contributed by atoms with Crippen LogP contribution in [-0.2, 0) is 11.2 Å². The molecule has 1 atom stereocenters. The fraction of sp³-hybridized carbons (Fsp3) is 0.611. The maximum Gasteiger partial charge on any atom is 0.193 e. The average molecular weight is 372 g/mol. The second-order valence-electron chi connectivity index (χ2n) is 6.07. The highest BCUT2D eigenvalue weighted by molar-refractivity contribution is 6.35. The van der Waals surface area contributed by atoms with Gasteiger partial charge in [-0.05, 0) is 43.9 Å². The predicted molar refractivity (Wildman–Crippen MR) is 102 cm³/mol. The van der Waals surface area contributed by atoms with Gasteiger partial charge in [0.25, 0.3) is 0 Å². The van der Waals surface area contributed by atoms with Crippen LogP contribution >= 0.6 is 23.2 Å². The van der Waals surface area contributed by atoms with Gasteiger partial charge in [0, 0.05) is 49.3 Å². The molecule has 1 saturated heterocycles. The zero-order chi connectivity index (χ0) is 17.4. The fourth-order valence-corrected chi connectivity index (χ4v) is 3.48. The molecule has 1 aromatic rings. The molecule has 0 saturated carbocycles. The maximum absolute atomic E-state index is 6.21. The molecule has 6 heteroatoms. The first-order valence-corrected chi connectivity index (χ1v) is 9.37. The fourth-order valence-electron chi connectivity index (χ4n) is 2.98. The molecule has 134 valence electrons. The van der Waals surface area contributed by atoms with Gasteiger partial charge in [-0.25, -0.2) is 0 Å². The third kappa shape index (κ3) is 5.83. The van der Waals surface area contributed by atoms with Crippen molar-refractivity contribution in [2.75, 3.05) is 39.9 Å². The lowest BCUT2D eigenvalue weighted by atomic mass is 10.1. The third-order valence-electron chi connectivity index (χ3n) is 4.28. The Hall–Kier alpha value is -0.970. The molecule has 1 aliphatic heterocycles. The second kappa shape index (κ2) is 10.1. The summed E-state index contributed by atoms with van der Waals surface area (Å²) in [5, 5.41) is 4.87. The minimum atomic E-state index is 0.608. The molecule has 0 bridgehead atoms. The van der Waals surface area contributed by atoms with Crippen molar-refractivity contribution < 1.29 is 4.74 Å². The minimum Gasteiger partial charge on any atom is -0.381 e. The lowest BCUT2D eigenvalue weighted by Gasteiger charge is -2.21. The molecule has 1 heterocycles. The highest BCUT2D eigenvalue weighted by Gasteiger charge is 2.24. The Morgan fingerprint density at radius 2 is 2.25 bits per heavy atom. The van der Waals surface area contributed by atoms with Gasteiger partial charge in [0.2, 0.25) is 0 Å². The van der Waals surface area contributed by atoms with Gasteiger partial charge < -0.3 is 15.0 Å². The highest BCUT2D eigenvalue weighted by Crippen LogP contribution is 2.22. The van der Waals surface area contributed by atoms with E-state index in [1.54, 1.807) is 6.07 Å². The van der Waals surface area contributed by atoms with Crippen molar-refractivity contribution >= 4 is 29.2 Å². The number of aryl methyl sites for hydroxylation is 1. The van der Waals surface area contributed by atoms with E-state index in [1.165, 1.54) is 6.42 Å². The van der Waals surface area contributed by atoms with E-state index in [0.29, 0.717) is 10.9 Å². The molecule has 2 rings (SSSR count). The summed E-state index contributed by atoms with van der Waals surface area (Å²) in [4.78, 5) is 6.72. The number of aliphatic imine (C=N–C) groups is 1. The molecule has 0 amide bonds. The number of hydrogen-bond donors (Lipinski definition) is 1. The molecule has 1 aliphatic rings. The van der Waals surface area contributed by atoms with Crippen LogP contribution in [0.15, 0.2) is 23.2 Å². The van der Waals surface area contributed by atoms with Crippen molar-refractivity contribution in [2.45, 2.75) is 26.2 Å². The topological polar surface area (TPSA) is 36.9 Å². The zero-order valence-corrected chi connectivity index (χ0v) is 16.0. The number of ether oxygens (including phenoxy) is 1. The van der Waals surface area contributed by atoms with Crippen LogP contribution < -0.4 is 5.32 Å². The molecule has 1 fully saturated rings. The summed E-state index contributed by atoms with van der Waals surface area (Å²) in [5.74, 6) is 1.59. The maximum atomic E-state index is 6.21. The zero-order valence-electron chi connectivity index (χ0n) is 14.5. The van der Waals surface area contributed by atoms with Crippen molar-refractivity contribution in [3.63, 3.8) is 0 Å². The molecule has 1 unspecified atom stereocenters. The van der Waals surface area contributed by atoms with Crippen LogP contribution in [0.25, 0.3) is 0 Å². The van der Waals surface area contributed by atoms with Gasteiger partial charge in [0.05, 0.1) is 6.61 Å². The first kappa shape index (κ1) is 19.4. The Balaban J connectivity index is 1.72. The summed E-state index contributed by atoms with van der Waals surface area (Å²) in [7, 11) is 1.84. The second-order valence-corrected chi connectivity index (χ2v) is 6.92. The number of halogens is 2. The Bertz CT molecular complexity index is 551. The quantitative estimate of drug-likeness (QED) is 0.449. The highest BCUT2D eigenvalue weighted by atomic mass is 35.5. The van der Waals surface area contributed by atoms with Crippen molar-refractivity contribution in [3.8, 4) is 0 Å². The Labute approximate surface area is 155 Å². The normalized spacial score (nSPS) is 18.2. The number of benzene rings is 1. The van der Waals surface area contributed by atoms with Gasteiger partial charge in [-0.1, -0.05) is 29.3 Å². The minimum absolute atomic E-state index is 0.608. The summed E-state index contributed by atoms with van der Waals surface area (Å²) < 4.78 is 5.54. The van der Waals surface area contributed by atoms with Crippen LogP contribution in [0.5, 0.6) is 0 Å². The van der Waals surface area contributed by atoms with Crippen LogP contribution in [0.1, 0.15) is 25.3 Å². The van der Waals surface area contributed by atoms with Gasteiger partial charge in [0.1, 0.15) is 0 Å². The molecule has 1 N–H and O–H groups in total. The summed E-state index contributed by atoms with van der Waals surface area (Å²) in [5.41, 5.74) is 1.14. The smallest absolute Gasteiger partial charge is 0.193 e. The molecule has 24 heavy (non-hydrogen) atoms.